The third-order valence-electron chi connectivity index (χ3n) is 3.52. The van der Waals surface area contributed by atoms with Crippen molar-refractivity contribution in [2.45, 2.75) is 17.1 Å². The standard InChI is InChI=1S/C13H19F2N3O3S2.ClH/c14-13(15)23(20,21)10-2-9-22-11(10)12(19)17-3-1-6-18-7-4-16-5-8-18;/h2,9,13,16H,1,3-8H2,(H,17,19);1H. The number of hydrogen-bond donors (Lipinski definition) is 2. The van der Waals surface area contributed by atoms with Crippen molar-refractivity contribution in [3.8, 4) is 0 Å². The van der Waals surface area contributed by atoms with Crippen LogP contribution in [0.2, 0.25) is 0 Å². The summed E-state index contributed by atoms with van der Waals surface area (Å²) in [6.07, 6.45) is 0.716. The van der Waals surface area contributed by atoms with Crippen molar-refractivity contribution in [3.63, 3.8) is 0 Å². The monoisotopic (exact) mass is 403 g/mol. The number of sulfone groups is 1. The number of thiophene rings is 1. The predicted octanol–water partition coefficient (Wildman–Crippen LogP) is 1.19. The third kappa shape index (κ3) is 5.35. The first kappa shape index (κ1) is 21.2. The highest BCUT2D eigenvalue weighted by molar-refractivity contribution is 7.92. The van der Waals surface area contributed by atoms with Crippen LogP contribution in [-0.2, 0) is 9.84 Å². The van der Waals surface area contributed by atoms with Gasteiger partial charge in [-0.2, -0.15) is 8.78 Å². The van der Waals surface area contributed by atoms with Gasteiger partial charge in [0.15, 0.2) is 0 Å². The Morgan fingerprint density at radius 1 is 1.38 bits per heavy atom. The van der Waals surface area contributed by atoms with Crippen LogP contribution in [0.5, 0.6) is 0 Å². The minimum Gasteiger partial charge on any atom is -0.351 e. The van der Waals surface area contributed by atoms with Gasteiger partial charge in [-0.15, -0.1) is 23.7 Å². The van der Waals surface area contributed by atoms with Gasteiger partial charge in [0, 0.05) is 32.7 Å². The van der Waals surface area contributed by atoms with Crippen LogP contribution in [-0.4, -0.2) is 64.3 Å². The molecule has 0 radical (unpaired) electrons. The molecular formula is C13H20ClF2N3O3S2. The Kier molecular flexibility index (Phi) is 8.51. The summed E-state index contributed by atoms with van der Waals surface area (Å²) >= 11 is 0.845. The number of alkyl halides is 2. The zero-order valence-electron chi connectivity index (χ0n) is 12.8. The molecule has 24 heavy (non-hydrogen) atoms. The van der Waals surface area contributed by atoms with Gasteiger partial charge in [0.05, 0.1) is 4.90 Å². The van der Waals surface area contributed by atoms with Gasteiger partial charge < -0.3 is 15.5 Å². The number of halogens is 3. The van der Waals surface area contributed by atoms with Crippen molar-refractivity contribution >= 4 is 39.5 Å². The van der Waals surface area contributed by atoms with Gasteiger partial charge in [-0.25, -0.2) is 8.42 Å². The van der Waals surface area contributed by atoms with E-state index in [-0.39, 0.29) is 17.3 Å². The highest BCUT2D eigenvalue weighted by Gasteiger charge is 2.32. The molecule has 1 aliphatic rings. The summed E-state index contributed by atoms with van der Waals surface area (Å²) in [6.45, 7) is 4.99. The van der Waals surface area contributed by atoms with Gasteiger partial charge in [0.25, 0.3) is 5.91 Å². The average Bonchev–Trinajstić information content (AvgIpc) is 3.02. The molecule has 1 fully saturated rings. The SMILES string of the molecule is Cl.O=C(NCCCN1CCNCC1)c1sccc1S(=O)(=O)C(F)F. The van der Waals surface area contributed by atoms with Gasteiger partial charge in [-0.1, -0.05) is 0 Å². The number of carbonyl (C=O) groups is 1. The van der Waals surface area contributed by atoms with Crippen molar-refractivity contribution in [2.75, 3.05) is 39.3 Å². The highest BCUT2D eigenvalue weighted by atomic mass is 35.5. The van der Waals surface area contributed by atoms with E-state index in [4.69, 9.17) is 0 Å². The molecule has 1 amide bonds. The van der Waals surface area contributed by atoms with Gasteiger partial charge in [0.1, 0.15) is 4.88 Å². The maximum atomic E-state index is 12.6. The normalized spacial score (nSPS) is 16.0. The minimum absolute atomic E-state index is 0. The summed E-state index contributed by atoms with van der Waals surface area (Å²) in [5, 5.41) is 7.16. The van der Waals surface area contributed by atoms with E-state index in [0.29, 0.717) is 13.0 Å². The third-order valence-corrected chi connectivity index (χ3v) is 5.99. The summed E-state index contributed by atoms with van der Waals surface area (Å²) in [5.41, 5.74) is 0. The first-order valence-electron chi connectivity index (χ1n) is 7.23. The lowest BCUT2D eigenvalue weighted by atomic mass is 10.3. The molecule has 138 valence electrons. The van der Waals surface area contributed by atoms with Crippen molar-refractivity contribution in [1.82, 2.24) is 15.5 Å². The van der Waals surface area contributed by atoms with Crippen LogP contribution in [0.1, 0.15) is 16.1 Å². The van der Waals surface area contributed by atoms with E-state index in [1.54, 1.807) is 0 Å². The Morgan fingerprint density at radius 3 is 2.67 bits per heavy atom. The van der Waals surface area contributed by atoms with Crippen LogP contribution in [0.15, 0.2) is 16.3 Å². The van der Waals surface area contributed by atoms with Crippen LogP contribution in [0.3, 0.4) is 0 Å². The number of carbonyl (C=O) groups excluding carboxylic acids is 1. The van der Waals surface area contributed by atoms with E-state index in [9.17, 15) is 22.0 Å². The second-order valence-electron chi connectivity index (χ2n) is 5.12. The van der Waals surface area contributed by atoms with Crippen LogP contribution in [0.4, 0.5) is 8.78 Å². The Balaban J connectivity index is 0.00000288. The zero-order chi connectivity index (χ0) is 16.9. The molecule has 0 spiro atoms. The second kappa shape index (κ2) is 9.62. The molecule has 6 nitrogen and oxygen atoms in total. The molecule has 2 heterocycles. The molecule has 0 unspecified atom stereocenters. The minimum atomic E-state index is -4.76. The van der Waals surface area contributed by atoms with Crippen molar-refractivity contribution in [2.24, 2.45) is 0 Å². The molecule has 0 aromatic carbocycles. The van der Waals surface area contributed by atoms with Gasteiger partial charge in [0.2, 0.25) is 9.84 Å². The van der Waals surface area contributed by atoms with Crippen LogP contribution < -0.4 is 10.6 Å². The summed E-state index contributed by atoms with van der Waals surface area (Å²) in [5.74, 6) is -4.16. The first-order valence-corrected chi connectivity index (χ1v) is 9.66. The molecular weight excluding hydrogens is 384 g/mol. The fraction of sp³-hybridized carbons (Fsp3) is 0.615. The average molecular weight is 404 g/mol. The first-order chi connectivity index (χ1) is 10.9. The molecule has 1 aliphatic heterocycles. The predicted molar refractivity (Wildman–Crippen MR) is 91.0 cm³/mol. The molecule has 1 aromatic rings. The molecule has 2 rings (SSSR count). The maximum Gasteiger partial charge on any atom is 0.341 e. The smallest absolute Gasteiger partial charge is 0.341 e. The van der Waals surface area contributed by atoms with Crippen LogP contribution in [0, 0.1) is 0 Å². The van der Waals surface area contributed by atoms with Crippen molar-refractivity contribution in [1.29, 1.82) is 0 Å². The lowest BCUT2D eigenvalue weighted by molar-refractivity contribution is 0.0952. The Morgan fingerprint density at radius 2 is 2.04 bits per heavy atom. The number of nitrogens with zero attached hydrogens (tertiary/aromatic N) is 1. The van der Waals surface area contributed by atoms with Gasteiger partial charge >= 0.3 is 5.76 Å². The van der Waals surface area contributed by atoms with Crippen molar-refractivity contribution < 1.29 is 22.0 Å². The Bertz CT molecular complexity index is 634. The quantitative estimate of drug-likeness (QED) is 0.669. The zero-order valence-corrected chi connectivity index (χ0v) is 15.3. The molecule has 0 bridgehead atoms. The summed E-state index contributed by atoms with van der Waals surface area (Å²) < 4.78 is 48.2. The highest BCUT2D eigenvalue weighted by Crippen LogP contribution is 2.26. The summed E-state index contributed by atoms with van der Waals surface area (Å²) in [4.78, 5) is 13.5. The van der Waals surface area contributed by atoms with Crippen LogP contribution in [0.25, 0.3) is 0 Å². The second-order valence-corrected chi connectivity index (χ2v) is 7.92. The van der Waals surface area contributed by atoms with E-state index in [1.165, 1.54) is 5.38 Å². The lowest BCUT2D eigenvalue weighted by Crippen LogP contribution is -2.44. The van der Waals surface area contributed by atoms with E-state index in [2.05, 4.69) is 15.5 Å². The van der Waals surface area contributed by atoms with Crippen LogP contribution >= 0.6 is 23.7 Å². The number of amides is 1. The fourth-order valence-electron chi connectivity index (χ4n) is 2.30. The Labute approximate surface area is 149 Å². The lowest BCUT2D eigenvalue weighted by Gasteiger charge is -2.27. The molecule has 0 aliphatic carbocycles. The topological polar surface area (TPSA) is 78.5 Å². The molecule has 0 atom stereocenters. The maximum absolute atomic E-state index is 12.6. The van der Waals surface area contributed by atoms with E-state index in [0.717, 1.165) is 50.1 Å². The number of hydrogen-bond acceptors (Lipinski definition) is 6. The largest absolute Gasteiger partial charge is 0.351 e. The number of piperazine rings is 1. The van der Waals surface area contributed by atoms with E-state index in [1.807, 2.05) is 0 Å². The summed E-state index contributed by atoms with van der Waals surface area (Å²) in [6, 6.07) is 1.04. The van der Waals surface area contributed by atoms with Gasteiger partial charge in [-0.05, 0) is 24.4 Å². The molecule has 1 saturated heterocycles. The number of rotatable bonds is 7. The molecule has 1 aromatic heterocycles. The molecule has 0 saturated carbocycles. The summed E-state index contributed by atoms with van der Waals surface area (Å²) in [7, 11) is -4.76. The fourth-order valence-corrected chi connectivity index (χ4v) is 4.39. The van der Waals surface area contributed by atoms with Crippen molar-refractivity contribution in [3.05, 3.63) is 16.3 Å². The Hall–Kier alpha value is -0.810. The number of nitrogens with one attached hydrogen (secondary N) is 2. The van der Waals surface area contributed by atoms with Gasteiger partial charge in [-0.3, -0.25) is 4.79 Å². The molecule has 11 heteroatoms. The molecule has 2 N–H and O–H groups in total. The van der Waals surface area contributed by atoms with E-state index < -0.39 is 26.4 Å². The van der Waals surface area contributed by atoms with E-state index >= 15 is 0 Å².